The average molecular weight is 1250 g/mol. The summed E-state index contributed by atoms with van der Waals surface area (Å²) in [6.07, 6.45) is 1.48. The van der Waals surface area contributed by atoms with E-state index in [2.05, 4.69) is 38.0 Å². The van der Waals surface area contributed by atoms with Crippen LogP contribution in [0.15, 0.2) is 83.1 Å². The number of carbonyl (C=O) groups excluding carboxylic acids is 2. The number of hydrogen-bond acceptors (Lipinski definition) is 19. The van der Waals surface area contributed by atoms with Gasteiger partial charge in [-0.3, -0.25) is 4.79 Å². The highest BCUT2D eigenvalue weighted by Crippen LogP contribution is 2.37. The fourth-order valence-electron chi connectivity index (χ4n) is 9.52. The number of anilines is 2. The standard InChI is InChI=1S/2C22H28N6O3.C16H16ClN3O.C4H9NO2/c2*1-7-18(22(29)31-27-15(5)23)25-19-11-13(3)24-21-20(14(4)26-28(19)21)17-9-8-16(30-6)10-12(17)2;1-9-7-12(21-4)5-6-13(9)15-11(3)19-20-14(17)8-10(2)18-16(15)20;1-2-3(5)4(6)7/h2*8-11,18,25H,7H2,1-6H3,(H2,23,27);5-8H,1-4H3;3H,2,5H2,1H3,(H,6,7)/t2*18-;;3-/m00.0/s1. The number of aliphatic carboxylic acids is 1. The van der Waals surface area contributed by atoms with Gasteiger partial charge in [-0.05, 0) is 171 Å². The lowest BCUT2D eigenvalue weighted by Crippen LogP contribution is -2.31. The van der Waals surface area contributed by atoms with Crippen LogP contribution < -0.4 is 42.0 Å². The molecule has 90 heavy (non-hydrogen) atoms. The second-order valence-corrected chi connectivity index (χ2v) is 21.7. The number of carbonyl (C=O) groups is 3. The number of nitrogens with one attached hydrogen (secondary N) is 2. The van der Waals surface area contributed by atoms with Crippen LogP contribution in [0.25, 0.3) is 50.3 Å². The summed E-state index contributed by atoms with van der Waals surface area (Å²) >= 11 is 6.26. The zero-order valence-corrected chi connectivity index (χ0v) is 54.8. The van der Waals surface area contributed by atoms with Gasteiger partial charge in [-0.1, -0.05) is 60.9 Å². The van der Waals surface area contributed by atoms with Crippen molar-refractivity contribution in [3.63, 3.8) is 0 Å². The molecule has 0 saturated heterocycles. The van der Waals surface area contributed by atoms with Crippen LogP contribution in [0, 0.1) is 62.3 Å². The Kier molecular flexibility index (Phi) is 23.7. The van der Waals surface area contributed by atoms with Crippen molar-refractivity contribution < 1.29 is 43.4 Å². The van der Waals surface area contributed by atoms with Crippen molar-refractivity contribution in [1.29, 1.82) is 0 Å². The quantitative estimate of drug-likeness (QED) is 0.0153. The molecule has 0 aliphatic rings. The van der Waals surface area contributed by atoms with Gasteiger partial charge in [0.05, 0.1) is 38.4 Å². The molecule has 9 rings (SSSR count). The summed E-state index contributed by atoms with van der Waals surface area (Å²) in [5.41, 5.74) is 32.4. The molecule has 6 heterocycles. The van der Waals surface area contributed by atoms with E-state index in [1.165, 1.54) is 0 Å². The minimum atomic E-state index is -0.928. The number of rotatable bonds is 18. The zero-order valence-electron chi connectivity index (χ0n) is 54.0. The van der Waals surface area contributed by atoms with Crippen LogP contribution in [-0.2, 0) is 24.1 Å². The number of methoxy groups -OCH3 is 3. The molecule has 0 spiro atoms. The lowest BCUT2D eigenvalue weighted by atomic mass is 10.0. The Morgan fingerprint density at radius 2 is 0.856 bits per heavy atom. The molecule has 0 bridgehead atoms. The minimum Gasteiger partial charge on any atom is -0.497 e. The topological polar surface area (TPSA) is 335 Å². The van der Waals surface area contributed by atoms with Crippen LogP contribution in [-0.4, -0.2) is 118 Å². The van der Waals surface area contributed by atoms with Crippen molar-refractivity contribution in [1.82, 2.24) is 43.8 Å². The molecule has 9 N–H and O–H groups in total. The van der Waals surface area contributed by atoms with Crippen LogP contribution in [0.2, 0.25) is 5.15 Å². The molecule has 25 nitrogen and oxygen atoms in total. The first kappa shape index (κ1) is 69.2. The third-order valence-electron chi connectivity index (χ3n) is 14.1. The number of carboxylic acid groups (broad SMARTS) is 1. The van der Waals surface area contributed by atoms with Gasteiger partial charge in [-0.25, -0.2) is 29.1 Å². The molecule has 6 aromatic heterocycles. The summed E-state index contributed by atoms with van der Waals surface area (Å²) in [7, 11) is 4.96. The number of nitrogens with two attached hydrogens (primary N) is 3. The first-order chi connectivity index (χ1) is 42.7. The van der Waals surface area contributed by atoms with Gasteiger partial charge in [0.25, 0.3) is 0 Å². The van der Waals surface area contributed by atoms with Crippen LogP contribution >= 0.6 is 11.6 Å². The molecule has 0 amide bonds. The van der Waals surface area contributed by atoms with E-state index in [0.29, 0.717) is 47.3 Å². The third-order valence-corrected chi connectivity index (χ3v) is 14.4. The maximum atomic E-state index is 12.4. The highest BCUT2D eigenvalue weighted by atomic mass is 35.5. The van der Waals surface area contributed by atoms with Crippen molar-refractivity contribution in [3.05, 3.63) is 129 Å². The van der Waals surface area contributed by atoms with E-state index in [9.17, 15) is 14.4 Å². The predicted octanol–water partition coefficient (Wildman–Crippen LogP) is 10.5. The number of oxime groups is 2. The normalized spacial score (nSPS) is 12.3. The molecule has 0 fully saturated rings. The number of nitrogens with zero attached hydrogens (tertiary/aromatic N) is 11. The van der Waals surface area contributed by atoms with Crippen molar-refractivity contribution in [2.24, 2.45) is 27.5 Å². The molecule has 0 aliphatic carbocycles. The molecule has 478 valence electrons. The average Bonchev–Trinajstić information content (AvgIpc) is 1.83. The van der Waals surface area contributed by atoms with E-state index in [4.69, 9.17) is 78.0 Å². The molecule has 26 heteroatoms. The molecule has 0 radical (unpaired) electrons. The number of amidine groups is 2. The highest BCUT2D eigenvalue weighted by Gasteiger charge is 2.26. The summed E-state index contributed by atoms with van der Waals surface area (Å²) in [5.74, 6) is 2.08. The number of hydrogen-bond donors (Lipinski definition) is 6. The Hall–Kier alpha value is -9.88. The number of ether oxygens (including phenoxy) is 3. The fourth-order valence-corrected chi connectivity index (χ4v) is 9.80. The molecule has 0 unspecified atom stereocenters. The van der Waals surface area contributed by atoms with Gasteiger partial charge in [-0.2, -0.15) is 24.3 Å². The summed E-state index contributed by atoms with van der Waals surface area (Å²) < 4.78 is 21.0. The molecule has 3 atom stereocenters. The molecule has 0 saturated carbocycles. The molecule has 0 aliphatic heterocycles. The van der Waals surface area contributed by atoms with Crippen LogP contribution in [0.5, 0.6) is 17.2 Å². The number of carboxylic acids is 1. The fraction of sp³-hybridized carbons (Fsp3) is 0.359. The summed E-state index contributed by atoms with van der Waals surface area (Å²) in [6.45, 7) is 26.3. The van der Waals surface area contributed by atoms with E-state index in [-0.39, 0.29) is 11.7 Å². The van der Waals surface area contributed by atoms with Gasteiger partial charge in [0.15, 0.2) is 16.9 Å². The van der Waals surface area contributed by atoms with Gasteiger partial charge in [0, 0.05) is 45.9 Å². The maximum Gasteiger partial charge on any atom is 0.357 e. The van der Waals surface area contributed by atoms with Crippen molar-refractivity contribution in [2.45, 2.75) is 134 Å². The Labute approximate surface area is 527 Å². The predicted molar refractivity (Wildman–Crippen MR) is 351 cm³/mol. The van der Waals surface area contributed by atoms with Gasteiger partial charge >= 0.3 is 17.9 Å². The Morgan fingerprint density at radius 3 is 1.13 bits per heavy atom. The number of aromatic nitrogens is 9. The summed E-state index contributed by atoms with van der Waals surface area (Å²) in [5, 5.41) is 36.1. The molecule has 3 aromatic carbocycles. The summed E-state index contributed by atoms with van der Waals surface area (Å²) in [6, 6.07) is 21.4. The van der Waals surface area contributed by atoms with Gasteiger partial charge in [-0.15, -0.1) is 0 Å². The number of halogens is 1. The molecular weight excluding hydrogens is 1170 g/mol. The Balaban J connectivity index is 0.000000207. The molecular formula is C64H81ClN16O9. The van der Waals surface area contributed by atoms with Crippen molar-refractivity contribution >= 4 is 69.8 Å². The lowest BCUT2D eigenvalue weighted by Gasteiger charge is -2.16. The van der Waals surface area contributed by atoms with Crippen LogP contribution in [0.4, 0.5) is 11.6 Å². The smallest absolute Gasteiger partial charge is 0.357 e. The lowest BCUT2D eigenvalue weighted by molar-refractivity contribution is -0.145. The summed E-state index contributed by atoms with van der Waals surface area (Å²) in [4.78, 5) is 58.5. The second-order valence-electron chi connectivity index (χ2n) is 21.3. The minimum absolute atomic E-state index is 0.174. The number of benzene rings is 3. The van der Waals surface area contributed by atoms with Gasteiger partial charge in [0.2, 0.25) is 0 Å². The molecule has 9 aromatic rings. The number of aryl methyl sites for hydroxylation is 9. The van der Waals surface area contributed by atoms with E-state index in [1.54, 1.807) is 55.6 Å². The van der Waals surface area contributed by atoms with Gasteiger partial charge < -0.3 is 56.8 Å². The van der Waals surface area contributed by atoms with Gasteiger partial charge in [0.1, 0.15) is 63.8 Å². The van der Waals surface area contributed by atoms with E-state index in [1.807, 2.05) is 142 Å². The van der Waals surface area contributed by atoms with Crippen LogP contribution in [0.1, 0.15) is 105 Å². The first-order valence-corrected chi connectivity index (χ1v) is 29.3. The van der Waals surface area contributed by atoms with Crippen molar-refractivity contribution in [3.8, 4) is 50.6 Å². The SMILES string of the molecule is CC[C@H](N)C(=O)O.CC[C@H](Nc1cc(C)nc2c(-c3ccc(OC)cc3C)c(C)nn12)C(=O)O/N=C(\C)N.CC[C@H](Nc1cc(C)nc2c(-c3ccc(OC)cc3C)c(C)nn12)C(=O)O/N=C(\C)N.COc1ccc(-c2c(C)nn3c(Cl)cc(C)nc23)c(C)c1. The highest BCUT2D eigenvalue weighted by molar-refractivity contribution is 6.29. The Bertz CT molecular complexity index is 3950. The largest absolute Gasteiger partial charge is 0.497 e. The van der Waals surface area contributed by atoms with E-state index < -0.39 is 36.0 Å². The first-order valence-electron chi connectivity index (χ1n) is 28.9. The van der Waals surface area contributed by atoms with Crippen molar-refractivity contribution in [2.75, 3.05) is 32.0 Å². The maximum absolute atomic E-state index is 12.4. The third kappa shape index (κ3) is 16.6. The Morgan fingerprint density at radius 1 is 0.533 bits per heavy atom. The van der Waals surface area contributed by atoms with E-state index >= 15 is 0 Å². The van der Waals surface area contributed by atoms with Crippen LogP contribution in [0.3, 0.4) is 0 Å². The monoisotopic (exact) mass is 1250 g/mol. The van der Waals surface area contributed by atoms with E-state index in [0.717, 1.165) is 107 Å². The second kappa shape index (κ2) is 30.8. The number of fused-ring (bicyclic) bond motifs is 3. The zero-order chi connectivity index (χ0) is 66.4.